The molecule has 0 atom stereocenters. The Morgan fingerprint density at radius 2 is 1.36 bits per heavy atom. The quantitative estimate of drug-likeness (QED) is 0.314. The highest BCUT2D eigenvalue weighted by atomic mass is 35.5. The molecule has 0 aliphatic heterocycles. The average Bonchev–Trinajstić information content (AvgIpc) is 2.66. The van der Waals surface area contributed by atoms with Gasteiger partial charge in [0.2, 0.25) is 5.69 Å². The highest BCUT2D eigenvalue weighted by Crippen LogP contribution is 2.33. The minimum Gasteiger partial charge on any atom is -1.00 e. The van der Waals surface area contributed by atoms with Gasteiger partial charge in [-0.15, -0.1) is 0 Å². The molecule has 0 spiro atoms. The molecule has 0 aliphatic rings. The van der Waals surface area contributed by atoms with E-state index in [0.717, 1.165) is 16.8 Å². The third-order valence-corrected chi connectivity index (χ3v) is 4.78. The molecule has 0 bridgehead atoms. The largest absolute Gasteiger partial charge is 1.00 e. The zero-order valence-corrected chi connectivity index (χ0v) is 17.1. The lowest BCUT2D eigenvalue weighted by Crippen LogP contribution is -3.00. The summed E-state index contributed by atoms with van der Waals surface area (Å²) in [6.07, 6.45) is 7.35. The Morgan fingerprint density at radius 3 is 1.82 bits per heavy atom. The summed E-state index contributed by atoms with van der Waals surface area (Å²) in [6, 6.07) is 17.3. The van der Waals surface area contributed by atoms with E-state index < -0.39 is 7.60 Å². The molecule has 3 rings (SSSR count). The van der Waals surface area contributed by atoms with Gasteiger partial charge in [-0.2, -0.15) is 9.83 Å². The first-order chi connectivity index (χ1) is 12.4. The van der Waals surface area contributed by atoms with Gasteiger partial charge in [0.25, 0.3) is 0 Å². The first-order valence-corrected chi connectivity index (χ1v) is 9.80. The third-order valence-electron chi connectivity index (χ3n) is 4.00. The van der Waals surface area contributed by atoms with Gasteiger partial charge in [-0.1, -0.05) is 0 Å². The van der Waals surface area contributed by atoms with Crippen molar-refractivity contribution < 1.29 is 48.3 Å². The van der Waals surface area contributed by atoms with E-state index in [1.807, 2.05) is 65.8 Å². The summed E-state index contributed by atoms with van der Waals surface area (Å²) in [5, 5.41) is 8.86. The maximum Gasteiger partial charge on any atom is 0.331 e. The summed E-state index contributed by atoms with van der Waals surface area (Å²) in [4.78, 5) is 17.9. The number of pyridine rings is 2. The van der Waals surface area contributed by atoms with Crippen LogP contribution in [0, 0.1) is 11.3 Å². The highest BCUT2D eigenvalue weighted by molar-refractivity contribution is 7.51. The van der Waals surface area contributed by atoms with Gasteiger partial charge in [0.1, 0.15) is 6.16 Å². The SMILES string of the molecule is N#Cc1ccc(-[n+]2ccc(-c3cc[n+](CCP(=O)(O)O)cc3)cc2)cc1.[Cl-].[Cl-]. The average molecular weight is 438 g/mol. The molecule has 1 aromatic carbocycles. The molecule has 2 heterocycles. The maximum atomic E-state index is 10.9. The Hall–Kier alpha value is -2.26. The van der Waals surface area contributed by atoms with E-state index in [9.17, 15) is 4.57 Å². The molecular weight excluding hydrogens is 420 g/mol. The summed E-state index contributed by atoms with van der Waals surface area (Å²) in [5.74, 6) is 0. The van der Waals surface area contributed by atoms with Crippen molar-refractivity contribution in [2.24, 2.45) is 0 Å². The molecular formula is C19H18Cl2N3O3P. The van der Waals surface area contributed by atoms with Crippen LogP contribution < -0.4 is 33.9 Å². The Labute approximate surface area is 175 Å². The van der Waals surface area contributed by atoms with Crippen molar-refractivity contribution in [3.8, 4) is 22.9 Å². The van der Waals surface area contributed by atoms with E-state index in [2.05, 4.69) is 6.07 Å². The molecule has 0 amide bonds. The van der Waals surface area contributed by atoms with Crippen LogP contribution in [-0.4, -0.2) is 15.9 Å². The van der Waals surface area contributed by atoms with E-state index in [1.165, 1.54) is 0 Å². The lowest BCUT2D eigenvalue weighted by molar-refractivity contribution is -0.692. The van der Waals surface area contributed by atoms with E-state index in [4.69, 9.17) is 15.0 Å². The molecule has 2 N–H and O–H groups in total. The Morgan fingerprint density at radius 1 is 0.857 bits per heavy atom. The maximum absolute atomic E-state index is 10.9. The molecule has 0 fully saturated rings. The van der Waals surface area contributed by atoms with Crippen LogP contribution in [0.1, 0.15) is 5.56 Å². The second-order valence-corrected chi connectivity index (χ2v) is 7.64. The molecule has 0 saturated carbocycles. The summed E-state index contributed by atoms with van der Waals surface area (Å²) in [5.41, 5.74) is 3.66. The molecule has 0 unspecified atom stereocenters. The second kappa shape index (κ2) is 10.3. The van der Waals surface area contributed by atoms with Gasteiger partial charge < -0.3 is 34.6 Å². The Kier molecular flexibility index (Phi) is 8.77. The van der Waals surface area contributed by atoms with Crippen LogP contribution in [0.3, 0.4) is 0 Å². The lowest BCUT2D eigenvalue weighted by Gasteiger charge is -2.03. The molecule has 28 heavy (non-hydrogen) atoms. The number of aromatic nitrogens is 2. The smallest absolute Gasteiger partial charge is 0.331 e. The van der Waals surface area contributed by atoms with Gasteiger partial charge in [0, 0.05) is 36.4 Å². The minimum absolute atomic E-state index is 0. The fourth-order valence-corrected chi connectivity index (χ4v) is 3.04. The van der Waals surface area contributed by atoms with E-state index >= 15 is 0 Å². The van der Waals surface area contributed by atoms with Crippen molar-refractivity contribution in [3.63, 3.8) is 0 Å². The molecule has 0 radical (unpaired) electrons. The van der Waals surface area contributed by atoms with Crippen molar-refractivity contribution in [2.75, 3.05) is 6.16 Å². The summed E-state index contributed by atoms with van der Waals surface area (Å²) in [6.45, 7) is 0.276. The van der Waals surface area contributed by atoms with Gasteiger partial charge in [-0.25, -0.2) is 4.57 Å². The van der Waals surface area contributed by atoms with Crippen molar-refractivity contribution in [1.82, 2.24) is 0 Å². The van der Waals surface area contributed by atoms with Crippen molar-refractivity contribution in [3.05, 3.63) is 78.9 Å². The van der Waals surface area contributed by atoms with E-state index in [0.29, 0.717) is 5.56 Å². The predicted octanol–water partition coefficient (Wildman–Crippen LogP) is -4.02. The van der Waals surface area contributed by atoms with Gasteiger partial charge in [0.05, 0.1) is 11.6 Å². The molecule has 0 aliphatic carbocycles. The number of nitrogens with zero attached hydrogens (tertiary/aromatic N) is 3. The van der Waals surface area contributed by atoms with Gasteiger partial charge in [-0.05, 0) is 23.3 Å². The monoisotopic (exact) mass is 437 g/mol. The van der Waals surface area contributed by atoms with Gasteiger partial charge >= 0.3 is 7.60 Å². The van der Waals surface area contributed by atoms with E-state index in [1.54, 1.807) is 16.7 Å². The van der Waals surface area contributed by atoms with Crippen LogP contribution in [0.2, 0.25) is 0 Å². The zero-order chi connectivity index (χ0) is 18.6. The molecule has 2 aromatic heterocycles. The van der Waals surface area contributed by atoms with Crippen LogP contribution in [0.4, 0.5) is 0 Å². The normalized spacial score (nSPS) is 10.3. The van der Waals surface area contributed by atoms with Crippen LogP contribution >= 0.6 is 7.60 Å². The molecule has 0 saturated heterocycles. The van der Waals surface area contributed by atoms with Crippen molar-refractivity contribution in [1.29, 1.82) is 5.26 Å². The molecule has 3 aromatic rings. The number of benzene rings is 1. The highest BCUT2D eigenvalue weighted by Gasteiger charge is 2.16. The second-order valence-electron chi connectivity index (χ2n) is 5.87. The molecule has 6 nitrogen and oxygen atoms in total. The molecule has 9 heteroatoms. The minimum atomic E-state index is -3.98. The lowest BCUT2D eigenvalue weighted by atomic mass is 10.1. The zero-order valence-electron chi connectivity index (χ0n) is 14.7. The van der Waals surface area contributed by atoms with E-state index in [-0.39, 0.29) is 37.5 Å². The van der Waals surface area contributed by atoms with Crippen LogP contribution in [0.15, 0.2) is 73.3 Å². The summed E-state index contributed by atoms with van der Waals surface area (Å²) in [7, 11) is -3.98. The Balaban J connectivity index is 0.00000196. The standard InChI is InChI=1S/C19H16N3O3P.2ClH/c20-15-16-1-3-19(4-2-16)22-11-7-18(8-12-22)17-5-9-21(10-6-17)13-14-26(23,24)25;;/h1-12H,13-14H2;2*1H. The third kappa shape index (κ3) is 6.42. The topological polar surface area (TPSA) is 89.1 Å². The fourth-order valence-electron chi connectivity index (χ4n) is 2.54. The Bertz CT molecular complexity index is 983. The first kappa shape index (κ1) is 23.8. The molecule has 146 valence electrons. The number of hydrogen-bond donors (Lipinski definition) is 2. The summed E-state index contributed by atoms with van der Waals surface area (Å²) < 4.78 is 14.7. The van der Waals surface area contributed by atoms with Crippen LogP contribution in [0.5, 0.6) is 0 Å². The predicted molar refractivity (Wildman–Crippen MR) is 95.2 cm³/mol. The van der Waals surface area contributed by atoms with Gasteiger partial charge in [-0.3, -0.25) is 4.57 Å². The number of rotatable bonds is 5. The fraction of sp³-hybridized carbons (Fsp3) is 0.105. The van der Waals surface area contributed by atoms with Crippen LogP contribution in [-0.2, 0) is 11.1 Å². The van der Waals surface area contributed by atoms with Crippen molar-refractivity contribution in [2.45, 2.75) is 6.54 Å². The van der Waals surface area contributed by atoms with Gasteiger partial charge in [0.15, 0.2) is 31.3 Å². The number of aryl methyl sites for hydroxylation is 1. The number of nitriles is 1. The van der Waals surface area contributed by atoms with Crippen LogP contribution in [0.25, 0.3) is 16.8 Å². The number of halogens is 2. The first-order valence-electron chi connectivity index (χ1n) is 8.00. The summed E-state index contributed by atoms with van der Waals surface area (Å²) >= 11 is 0. The van der Waals surface area contributed by atoms with Crippen molar-refractivity contribution >= 4 is 7.60 Å². The number of hydrogen-bond acceptors (Lipinski definition) is 2.